The largest absolute Gasteiger partial charge is 0.478 e. The molecule has 108 valence electrons. The number of nitrogens with one attached hydrogen (secondary N) is 1. The van der Waals surface area contributed by atoms with Crippen LogP contribution in [0.15, 0.2) is 39.6 Å². The fourth-order valence-electron chi connectivity index (χ4n) is 1.92. The first-order chi connectivity index (χ1) is 9.86. The number of carbonyl (C=O) groups is 2. The summed E-state index contributed by atoms with van der Waals surface area (Å²) in [5.41, 5.74) is 1.97. The third kappa shape index (κ3) is 3.36. The maximum Gasteiger partial charge on any atom is 0.336 e. The van der Waals surface area contributed by atoms with Crippen LogP contribution < -0.4 is 10.9 Å². The SMILES string of the molecule is Cc1cc2oc(=O)cc(C)c2cc1NC(=O)C=CC(=O)O. The zero-order valence-electron chi connectivity index (χ0n) is 11.5. The maximum absolute atomic E-state index is 11.6. The van der Waals surface area contributed by atoms with Gasteiger partial charge in [-0.1, -0.05) is 0 Å². The smallest absolute Gasteiger partial charge is 0.336 e. The highest BCUT2D eigenvalue weighted by molar-refractivity contribution is 6.03. The lowest BCUT2D eigenvalue weighted by Crippen LogP contribution is -2.10. The van der Waals surface area contributed by atoms with E-state index in [-0.39, 0.29) is 0 Å². The van der Waals surface area contributed by atoms with Crippen LogP contribution in [0.2, 0.25) is 0 Å². The van der Waals surface area contributed by atoms with Gasteiger partial charge in [0, 0.05) is 29.3 Å². The summed E-state index contributed by atoms with van der Waals surface area (Å²) in [5.74, 6) is -1.74. The summed E-state index contributed by atoms with van der Waals surface area (Å²) in [6, 6.07) is 4.71. The van der Waals surface area contributed by atoms with Crippen LogP contribution in [-0.2, 0) is 9.59 Å². The fourth-order valence-corrected chi connectivity index (χ4v) is 1.92. The molecule has 0 radical (unpaired) electrons. The Morgan fingerprint density at radius 2 is 1.86 bits per heavy atom. The number of fused-ring (bicyclic) bond motifs is 1. The molecule has 0 atom stereocenters. The molecule has 0 aliphatic carbocycles. The predicted molar refractivity (Wildman–Crippen MR) is 77.4 cm³/mol. The van der Waals surface area contributed by atoms with E-state index in [1.807, 2.05) is 0 Å². The molecule has 1 heterocycles. The van der Waals surface area contributed by atoms with E-state index in [1.54, 1.807) is 26.0 Å². The summed E-state index contributed by atoms with van der Waals surface area (Å²) in [5, 5.41) is 11.8. The first kappa shape index (κ1) is 14.5. The van der Waals surface area contributed by atoms with Crippen LogP contribution in [0, 0.1) is 13.8 Å². The van der Waals surface area contributed by atoms with E-state index in [0.29, 0.717) is 22.2 Å². The Balaban J connectivity index is 2.41. The number of carboxylic acids is 1. The van der Waals surface area contributed by atoms with Crippen molar-refractivity contribution in [3.8, 4) is 0 Å². The third-order valence-electron chi connectivity index (χ3n) is 2.93. The van der Waals surface area contributed by atoms with E-state index in [9.17, 15) is 14.4 Å². The maximum atomic E-state index is 11.6. The van der Waals surface area contributed by atoms with E-state index in [4.69, 9.17) is 9.52 Å². The highest BCUT2D eigenvalue weighted by Crippen LogP contribution is 2.24. The average molecular weight is 287 g/mol. The number of hydrogen-bond acceptors (Lipinski definition) is 4. The van der Waals surface area contributed by atoms with E-state index in [1.165, 1.54) is 6.07 Å². The predicted octanol–water partition coefficient (Wildman–Crippen LogP) is 1.99. The Kier molecular flexibility index (Phi) is 3.89. The third-order valence-corrected chi connectivity index (χ3v) is 2.93. The van der Waals surface area contributed by atoms with Gasteiger partial charge in [0.15, 0.2) is 0 Å². The summed E-state index contributed by atoms with van der Waals surface area (Å²) in [6.07, 6.45) is 1.69. The molecule has 1 aromatic heterocycles. The van der Waals surface area contributed by atoms with Crippen molar-refractivity contribution in [1.82, 2.24) is 0 Å². The molecule has 0 unspecified atom stereocenters. The summed E-state index contributed by atoms with van der Waals surface area (Å²) in [6.45, 7) is 3.52. The lowest BCUT2D eigenvalue weighted by Gasteiger charge is -2.09. The topological polar surface area (TPSA) is 96.6 Å². The molecule has 0 saturated carbocycles. The van der Waals surface area contributed by atoms with Crippen LogP contribution >= 0.6 is 0 Å². The Hall–Kier alpha value is -2.89. The monoisotopic (exact) mass is 287 g/mol. The van der Waals surface area contributed by atoms with Gasteiger partial charge in [-0.2, -0.15) is 0 Å². The molecule has 2 rings (SSSR count). The molecule has 1 aromatic carbocycles. The van der Waals surface area contributed by atoms with E-state index < -0.39 is 17.5 Å². The molecule has 0 saturated heterocycles. The molecule has 21 heavy (non-hydrogen) atoms. The van der Waals surface area contributed by atoms with Crippen LogP contribution in [-0.4, -0.2) is 17.0 Å². The van der Waals surface area contributed by atoms with Crippen molar-refractivity contribution >= 4 is 28.5 Å². The van der Waals surface area contributed by atoms with Gasteiger partial charge in [-0.3, -0.25) is 4.79 Å². The molecule has 0 spiro atoms. The molecule has 0 fully saturated rings. The van der Waals surface area contributed by atoms with Crippen molar-refractivity contribution in [2.75, 3.05) is 5.32 Å². The normalized spacial score (nSPS) is 11.0. The summed E-state index contributed by atoms with van der Waals surface area (Å²) in [7, 11) is 0. The Bertz CT molecular complexity index is 817. The number of carbonyl (C=O) groups excluding carboxylic acids is 1. The zero-order chi connectivity index (χ0) is 15.6. The number of rotatable bonds is 3. The van der Waals surface area contributed by atoms with Crippen LogP contribution in [0.5, 0.6) is 0 Å². The molecule has 1 amide bonds. The Morgan fingerprint density at radius 1 is 1.14 bits per heavy atom. The summed E-state index contributed by atoms with van der Waals surface area (Å²) >= 11 is 0. The van der Waals surface area contributed by atoms with Gasteiger partial charge in [-0.05, 0) is 37.1 Å². The Morgan fingerprint density at radius 3 is 2.52 bits per heavy atom. The first-order valence-electron chi connectivity index (χ1n) is 6.14. The second kappa shape index (κ2) is 5.62. The second-order valence-electron chi connectivity index (χ2n) is 4.57. The highest BCUT2D eigenvalue weighted by atomic mass is 16.4. The standard InChI is InChI=1S/C15H13NO5/c1-8-6-15(20)21-12-5-9(2)11(7-10(8)12)16-13(17)3-4-14(18)19/h3-7H,1-2H3,(H,16,17)(H,18,19). The van der Waals surface area contributed by atoms with Gasteiger partial charge in [0.2, 0.25) is 5.91 Å². The number of hydrogen-bond donors (Lipinski definition) is 2. The van der Waals surface area contributed by atoms with Crippen LogP contribution in [0.1, 0.15) is 11.1 Å². The Labute approximate surface area is 119 Å². The lowest BCUT2D eigenvalue weighted by molar-refractivity contribution is -0.131. The lowest BCUT2D eigenvalue weighted by atomic mass is 10.1. The zero-order valence-corrected chi connectivity index (χ0v) is 11.5. The van der Waals surface area contributed by atoms with Gasteiger partial charge in [0.25, 0.3) is 0 Å². The van der Waals surface area contributed by atoms with Gasteiger partial charge in [0.05, 0.1) is 0 Å². The second-order valence-corrected chi connectivity index (χ2v) is 4.57. The molecule has 0 aliphatic heterocycles. The average Bonchev–Trinajstić information content (AvgIpc) is 2.38. The van der Waals surface area contributed by atoms with Gasteiger partial charge >= 0.3 is 11.6 Å². The number of anilines is 1. The van der Waals surface area contributed by atoms with Crippen LogP contribution in [0.3, 0.4) is 0 Å². The van der Waals surface area contributed by atoms with Crippen molar-refractivity contribution in [1.29, 1.82) is 0 Å². The molecule has 2 aromatic rings. The van der Waals surface area contributed by atoms with Gasteiger partial charge < -0.3 is 14.8 Å². The minimum Gasteiger partial charge on any atom is -0.478 e. The van der Waals surface area contributed by atoms with Crippen molar-refractivity contribution in [3.05, 3.63) is 51.9 Å². The number of aliphatic carboxylic acids is 1. The number of aryl methyl sites for hydroxylation is 2. The molecule has 6 nitrogen and oxygen atoms in total. The van der Waals surface area contributed by atoms with E-state index >= 15 is 0 Å². The van der Waals surface area contributed by atoms with Gasteiger partial charge in [0.1, 0.15) is 5.58 Å². The summed E-state index contributed by atoms with van der Waals surface area (Å²) < 4.78 is 5.10. The molecule has 0 bridgehead atoms. The van der Waals surface area contributed by atoms with E-state index in [0.717, 1.165) is 17.7 Å². The highest BCUT2D eigenvalue weighted by Gasteiger charge is 2.08. The summed E-state index contributed by atoms with van der Waals surface area (Å²) in [4.78, 5) is 33.3. The molecule has 6 heteroatoms. The molecule has 0 aliphatic rings. The minimum absolute atomic E-state index is 0.430. The quantitative estimate of drug-likeness (QED) is 0.664. The van der Waals surface area contributed by atoms with Gasteiger partial charge in [-0.15, -0.1) is 0 Å². The molecule has 2 N–H and O–H groups in total. The van der Waals surface area contributed by atoms with Crippen LogP contribution in [0.25, 0.3) is 11.0 Å². The number of amides is 1. The number of benzene rings is 1. The fraction of sp³-hybridized carbons (Fsp3) is 0.133. The molecular formula is C15H13NO5. The van der Waals surface area contributed by atoms with Gasteiger partial charge in [-0.25, -0.2) is 9.59 Å². The van der Waals surface area contributed by atoms with Crippen molar-refractivity contribution in [2.24, 2.45) is 0 Å². The van der Waals surface area contributed by atoms with E-state index in [2.05, 4.69) is 5.32 Å². The molecular weight excluding hydrogens is 274 g/mol. The van der Waals surface area contributed by atoms with Crippen molar-refractivity contribution < 1.29 is 19.1 Å². The van der Waals surface area contributed by atoms with Crippen molar-refractivity contribution in [3.63, 3.8) is 0 Å². The van der Waals surface area contributed by atoms with Crippen molar-refractivity contribution in [2.45, 2.75) is 13.8 Å². The minimum atomic E-state index is -1.20. The number of carboxylic acid groups (broad SMARTS) is 1. The van der Waals surface area contributed by atoms with Crippen LogP contribution in [0.4, 0.5) is 5.69 Å². The first-order valence-corrected chi connectivity index (χ1v) is 6.14.